The van der Waals surface area contributed by atoms with Gasteiger partial charge in [0.1, 0.15) is 5.82 Å². The molecule has 0 aliphatic carbocycles. The number of carbonyl (C=O) groups excluding carboxylic acids is 1. The molecule has 4 nitrogen and oxygen atoms in total. The van der Waals surface area contributed by atoms with Crippen LogP contribution in [0.1, 0.15) is 45.2 Å². The molecular weight excluding hydrogens is 365 g/mol. The fraction of sp³-hybridized carbons (Fsp3) is 0.458. The summed E-state index contributed by atoms with van der Waals surface area (Å²) in [6, 6.07) is 12.3. The number of nitrogens with zero attached hydrogens (tertiary/aromatic N) is 2. The molecule has 2 aromatic rings. The molecule has 0 aromatic heterocycles. The summed E-state index contributed by atoms with van der Waals surface area (Å²) in [4.78, 5) is 17.9. The Morgan fingerprint density at radius 3 is 2.93 bits per heavy atom. The molecule has 3 aliphatic rings. The number of likely N-dealkylation sites (tertiary alicyclic amines) is 1. The van der Waals surface area contributed by atoms with Crippen molar-refractivity contribution in [2.24, 2.45) is 0 Å². The Morgan fingerprint density at radius 1 is 1.24 bits per heavy atom. The van der Waals surface area contributed by atoms with E-state index in [4.69, 9.17) is 4.11 Å². The zero-order valence-electron chi connectivity index (χ0n) is 19.5. The first-order valence-corrected chi connectivity index (χ1v) is 10.6. The van der Waals surface area contributed by atoms with E-state index < -0.39 is 6.98 Å². The van der Waals surface area contributed by atoms with Crippen molar-refractivity contribution in [1.29, 1.82) is 0 Å². The highest BCUT2D eigenvalue weighted by atomic mass is 19.1. The van der Waals surface area contributed by atoms with Gasteiger partial charge in [-0.15, -0.1) is 0 Å². The number of hydrogen-bond acceptors (Lipinski definition) is 3. The van der Waals surface area contributed by atoms with Gasteiger partial charge in [-0.1, -0.05) is 12.1 Å². The highest BCUT2D eigenvalue weighted by molar-refractivity contribution is 5.95. The second kappa shape index (κ2) is 7.45. The number of benzene rings is 2. The highest BCUT2D eigenvalue weighted by Crippen LogP contribution is 2.48. The molecule has 0 amide bonds. The van der Waals surface area contributed by atoms with Crippen molar-refractivity contribution in [2.45, 2.75) is 31.2 Å². The molecule has 152 valence electrons. The monoisotopic (exact) mass is 397 g/mol. The minimum absolute atomic E-state index is 0.0666. The Kier molecular flexibility index (Phi) is 3.97. The van der Waals surface area contributed by atoms with Gasteiger partial charge < -0.3 is 14.7 Å². The third-order valence-corrected chi connectivity index (χ3v) is 6.86. The summed E-state index contributed by atoms with van der Waals surface area (Å²) in [6.45, 7) is 2.17. The van der Waals surface area contributed by atoms with Gasteiger partial charge in [0, 0.05) is 55.0 Å². The lowest BCUT2D eigenvalue weighted by Gasteiger charge is -2.40. The molecule has 3 aliphatic heterocycles. The van der Waals surface area contributed by atoms with Crippen LogP contribution in [0.4, 0.5) is 15.8 Å². The number of hydrogen-bond donors (Lipinski definition) is 1. The Bertz CT molecular complexity index is 1010. The van der Waals surface area contributed by atoms with E-state index in [9.17, 15) is 9.18 Å². The smallest absolute Gasteiger partial charge is 0.163 e. The number of anilines is 2. The third kappa shape index (κ3) is 3.31. The number of para-hydroxylation sites is 1. The lowest BCUT2D eigenvalue weighted by atomic mass is 9.89. The summed E-state index contributed by atoms with van der Waals surface area (Å²) < 4.78 is 36.8. The van der Waals surface area contributed by atoms with Gasteiger partial charge in [0.15, 0.2) is 5.78 Å². The predicted molar refractivity (Wildman–Crippen MR) is 114 cm³/mol. The minimum atomic E-state index is -2.12. The minimum Gasteiger partial charge on any atom is -0.371 e. The summed E-state index contributed by atoms with van der Waals surface area (Å²) in [7, 11) is 0. The van der Waals surface area contributed by atoms with Gasteiger partial charge >= 0.3 is 0 Å². The zero-order valence-corrected chi connectivity index (χ0v) is 16.5. The predicted octanol–water partition coefficient (Wildman–Crippen LogP) is 2.50. The van der Waals surface area contributed by atoms with Crippen molar-refractivity contribution < 1.29 is 18.2 Å². The number of fused-ring (bicyclic) bond motifs is 3. The van der Waals surface area contributed by atoms with Gasteiger partial charge in [-0.05, 0) is 35.9 Å². The number of carbonyl (C=O) groups is 1. The standard InChI is InChI=1S/C24H28FN3O/c1-26-14-15-28-21-11-13-27(16-20(21)19-4-2-5-22(26)24(19)28)12-3-6-23(29)17-7-9-18(25)10-8-17/h2,4-5,7-10,20-21H,3,6,11-16H2,1H3/p+1/t20-,21-/m0/s1/i1D3. The second-order valence-corrected chi connectivity index (χ2v) is 8.51. The van der Waals surface area contributed by atoms with Crippen LogP contribution < -0.4 is 14.7 Å². The van der Waals surface area contributed by atoms with Gasteiger partial charge in [-0.2, -0.15) is 0 Å². The number of likely N-dealkylation sites (N-methyl/N-ethyl adjacent to an activating group) is 1. The fourth-order valence-corrected chi connectivity index (χ4v) is 5.45. The summed E-state index contributed by atoms with van der Waals surface area (Å²) in [5.41, 5.74) is 3.82. The van der Waals surface area contributed by atoms with Crippen LogP contribution in [0.15, 0.2) is 42.5 Å². The molecule has 0 radical (unpaired) electrons. The molecular formula is C24H29FN3O+. The van der Waals surface area contributed by atoms with Crippen LogP contribution >= 0.6 is 0 Å². The van der Waals surface area contributed by atoms with Crippen molar-refractivity contribution in [3.05, 3.63) is 59.4 Å². The van der Waals surface area contributed by atoms with Crippen LogP contribution in [0.5, 0.6) is 0 Å². The lowest BCUT2D eigenvalue weighted by Crippen LogP contribution is -3.14. The molecule has 1 N–H and O–H groups in total. The van der Waals surface area contributed by atoms with Crippen molar-refractivity contribution in [3.8, 4) is 0 Å². The van der Waals surface area contributed by atoms with Crippen molar-refractivity contribution >= 4 is 17.2 Å². The number of halogens is 1. The highest BCUT2D eigenvalue weighted by Gasteiger charge is 2.46. The van der Waals surface area contributed by atoms with E-state index in [2.05, 4.69) is 11.0 Å². The van der Waals surface area contributed by atoms with Crippen LogP contribution in [0.25, 0.3) is 0 Å². The maximum Gasteiger partial charge on any atom is 0.163 e. The summed E-state index contributed by atoms with van der Waals surface area (Å²) in [5.74, 6) is 0.142. The molecule has 1 unspecified atom stereocenters. The van der Waals surface area contributed by atoms with Gasteiger partial charge in [-0.25, -0.2) is 4.39 Å². The Hall–Kier alpha value is -2.40. The molecule has 29 heavy (non-hydrogen) atoms. The first kappa shape index (κ1) is 15.4. The normalized spacial score (nSPS) is 26.9. The Labute approximate surface area is 176 Å². The quantitative estimate of drug-likeness (QED) is 0.786. The average Bonchev–Trinajstić information content (AvgIpc) is 3.09. The molecule has 3 heterocycles. The van der Waals surface area contributed by atoms with Crippen LogP contribution in [0.2, 0.25) is 0 Å². The van der Waals surface area contributed by atoms with Crippen LogP contribution in [0, 0.1) is 5.82 Å². The van der Waals surface area contributed by atoms with Crippen molar-refractivity contribution in [2.75, 3.05) is 49.5 Å². The van der Waals surface area contributed by atoms with E-state index in [-0.39, 0.29) is 11.6 Å². The lowest BCUT2D eigenvalue weighted by molar-refractivity contribution is -0.906. The number of ketones is 1. The van der Waals surface area contributed by atoms with E-state index >= 15 is 0 Å². The maximum absolute atomic E-state index is 13.1. The fourth-order valence-electron chi connectivity index (χ4n) is 5.45. The molecule has 1 fully saturated rings. The Balaban J connectivity index is 1.25. The van der Waals surface area contributed by atoms with E-state index in [0.717, 1.165) is 50.4 Å². The number of rotatable bonds is 5. The van der Waals surface area contributed by atoms with E-state index in [1.807, 2.05) is 12.1 Å². The first-order chi connectivity index (χ1) is 15.3. The van der Waals surface area contributed by atoms with Crippen molar-refractivity contribution in [3.63, 3.8) is 0 Å². The van der Waals surface area contributed by atoms with Gasteiger partial charge in [-0.3, -0.25) is 4.79 Å². The van der Waals surface area contributed by atoms with Crippen LogP contribution in [-0.2, 0) is 0 Å². The zero-order chi connectivity index (χ0) is 22.5. The second-order valence-electron chi connectivity index (χ2n) is 8.51. The molecule has 0 bridgehead atoms. The van der Waals surface area contributed by atoms with Crippen LogP contribution in [-0.4, -0.2) is 51.5 Å². The Morgan fingerprint density at radius 2 is 2.10 bits per heavy atom. The number of Topliss-reactive ketones (excluding diaryl/α,β-unsaturated/α-hetero) is 1. The first-order valence-electron chi connectivity index (χ1n) is 12.1. The number of quaternary nitrogens is 1. The molecule has 5 rings (SSSR count). The molecule has 5 heteroatoms. The van der Waals surface area contributed by atoms with Crippen LogP contribution in [0.3, 0.4) is 0 Å². The van der Waals surface area contributed by atoms with E-state index in [0.29, 0.717) is 30.5 Å². The average molecular weight is 398 g/mol. The van der Waals surface area contributed by atoms with Gasteiger partial charge in [0.2, 0.25) is 0 Å². The summed E-state index contributed by atoms with van der Waals surface area (Å²) in [6.07, 6.45) is 2.36. The third-order valence-electron chi connectivity index (χ3n) is 6.86. The van der Waals surface area contributed by atoms with Crippen molar-refractivity contribution in [1.82, 2.24) is 0 Å². The molecule has 0 spiro atoms. The SMILES string of the molecule is [2H]C([2H])([2H])N1CCN2c3c(cccc31)[C@@H]1C[NH+](CCCC(=O)c3ccc(F)cc3)CC[C@@H]12. The summed E-state index contributed by atoms with van der Waals surface area (Å²) >= 11 is 0. The number of piperidine rings is 1. The molecule has 1 saturated heterocycles. The van der Waals surface area contributed by atoms with E-state index in [1.165, 1.54) is 22.6 Å². The molecule has 2 aromatic carbocycles. The largest absolute Gasteiger partial charge is 0.371 e. The summed E-state index contributed by atoms with van der Waals surface area (Å²) in [5, 5.41) is 0. The van der Waals surface area contributed by atoms with Gasteiger partial charge in [0.25, 0.3) is 0 Å². The molecule has 0 saturated carbocycles. The molecule has 3 atom stereocenters. The number of nitrogens with one attached hydrogen (secondary N) is 1. The van der Waals surface area contributed by atoms with E-state index in [1.54, 1.807) is 17.0 Å². The maximum atomic E-state index is 13.1. The van der Waals surface area contributed by atoms with Gasteiger partial charge in [0.05, 0.1) is 36.9 Å². The topological polar surface area (TPSA) is 28.0 Å².